The number of aryl methyl sites for hydroxylation is 1. The summed E-state index contributed by atoms with van der Waals surface area (Å²) in [6.45, 7) is 1.77. The van der Waals surface area contributed by atoms with E-state index in [0.29, 0.717) is 5.75 Å². The Morgan fingerprint density at radius 1 is 1.32 bits per heavy atom. The van der Waals surface area contributed by atoms with Crippen molar-refractivity contribution in [3.8, 4) is 11.6 Å². The third-order valence-electron chi connectivity index (χ3n) is 2.37. The molecule has 0 unspecified atom stereocenters. The highest BCUT2D eigenvalue weighted by molar-refractivity contribution is 5.86. The molecular weight excluding hydrogens is 251 g/mol. The lowest BCUT2D eigenvalue weighted by Gasteiger charge is -2.08. The number of rotatable bonds is 3. The van der Waals surface area contributed by atoms with Crippen LogP contribution in [-0.4, -0.2) is 23.0 Å². The van der Waals surface area contributed by atoms with Crippen LogP contribution in [-0.2, 0) is 4.74 Å². The van der Waals surface area contributed by atoms with Gasteiger partial charge in [-0.3, -0.25) is 4.98 Å². The molecule has 0 N–H and O–H groups in total. The number of methoxy groups -OCH3 is 1. The predicted octanol–water partition coefficient (Wildman–Crippen LogP) is 2.50. The summed E-state index contributed by atoms with van der Waals surface area (Å²) >= 11 is 0. The van der Waals surface area contributed by atoms with Crippen LogP contribution < -0.4 is 4.74 Å². The lowest BCUT2D eigenvalue weighted by Crippen LogP contribution is -2.05. The van der Waals surface area contributed by atoms with Crippen LogP contribution in [0.25, 0.3) is 0 Å². The van der Waals surface area contributed by atoms with E-state index in [4.69, 9.17) is 4.74 Å². The summed E-state index contributed by atoms with van der Waals surface area (Å²) in [5, 5.41) is 0. The highest BCUT2D eigenvalue weighted by Crippen LogP contribution is 2.24. The molecular formula is C13H11FN2O3. The second-order valence-electron chi connectivity index (χ2n) is 3.75. The summed E-state index contributed by atoms with van der Waals surface area (Å²) in [5.74, 6) is -0.625. The van der Waals surface area contributed by atoms with Crippen molar-refractivity contribution in [2.45, 2.75) is 6.92 Å². The summed E-state index contributed by atoms with van der Waals surface area (Å²) in [4.78, 5) is 19.0. The lowest BCUT2D eigenvalue weighted by molar-refractivity contribution is 0.0592. The van der Waals surface area contributed by atoms with Gasteiger partial charge in [-0.15, -0.1) is 0 Å². The molecule has 0 bridgehead atoms. The van der Waals surface area contributed by atoms with Crippen LogP contribution in [0.4, 0.5) is 4.39 Å². The fourth-order valence-corrected chi connectivity index (χ4v) is 1.40. The van der Waals surface area contributed by atoms with E-state index in [1.54, 1.807) is 13.0 Å². The summed E-state index contributed by atoms with van der Waals surface area (Å²) in [5.41, 5.74) is 0.765. The van der Waals surface area contributed by atoms with E-state index in [-0.39, 0.29) is 11.6 Å². The third-order valence-corrected chi connectivity index (χ3v) is 2.37. The average Bonchev–Trinajstić information content (AvgIpc) is 2.42. The van der Waals surface area contributed by atoms with Crippen molar-refractivity contribution in [1.29, 1.82) is 0 Å². The number of benzene rings is 1. The van der Waals surface area contributed by atoms with Crippen molar-refractivity contribution in [2.75, 3.05) is 7.11 Å². The highest BCUT2D eigenvalue weighted by Gasteiger charge is 2.10. The van der Waals surface area contributed by atoms with E-state index in [1.807, 2.05) is 0 Å². The molecule has 0 amide bonds. The zero-order valence-corrected chi connectivity index (χ0v) is 10.4. The molecule has 0 fully saturated rings. The summed E-state index contributed by atoms with van der Waals surface area (Å²) < 4.78 is 23.1. The number of hydrogen-bond acceptors (Lipinski definition) is 5. The zero-order chi connectivity index (χ0) is 13.8. The Morgan fingerprint density at radius 3 is 2.84 bits per heavy atom. The first-order chi connectivity index (χ1) is 9.10. The Bertz CT molecular complexity index is 617. The van der Waals surface area contributed by atoms with Crippen molar-refractivity contribution in [1.82, 2.24) is 9.97 Å². The van der Waals surface area contributed by atoms with Crippen molar-refractivity contribution < 1.29 is 18.7 Å². The Labute approximate surface area is 109 Å². The number of ether oxygens (including phenoxy) is 2. The largest absolute Gasteiger partial charge is 0.464 e. The molecule has 1 aromatic carbocycles. The molecule has 0 spiro atoms. The van der Waals surface area contributed by atoms with E-state index in [9.17, 15) is 9.18 Å². The van der Waals surface area contributed by atoms with Gasteiger partial charge < -0.3 is 9.47 Å². The van der Waals surface area contributed by atoms with Gasteiger partial charge in [-0.2, -0.15) is 0 Å². The van der Waals surface area contributed by atoms with Gasteiger partial charge in [0.15, 0.2) is 5.69 Å². The number of carbonyl (C=O) groups excluding carboxylic acids is 1. The average molecular weight is 262 g/mol. The van der Waals surface area contributed by atoms with Crippen LogP contribution in [0.2, 0.25) is 0 Å². The van der Waals surface area contributed by atoms with Crippen molar-refractivity contribution in [3.05, 3.63) is 47.7 Å². The van der Waals surface area contributed by atoms with Gasteiger partial charge in [0, 0.05) is 6.07 Å². The Kier molecular flexibility index (Phi) is 3.70. The maximum atomic E-state index is 13.1. The van der Waals surface area contributed by atoms with E-state index in [0.717, 1.165) is 5.56 Å². The van der Waals surface area contributed by atoms with Crippen LogP contribution in [0.15, 0.2) is 30.6 Å². The normalized spacial score (nSPS) is 10.1. The van der Waals surface area contributed by atoms with Gasteiger partial charge in [0.25, 0.3) is 0 Å². The van der Waals surface area contributed by atoms with Crippen molar-refractivity contribution in [2.24, 2.45) is 0 Å². The molecule has 6 heteroatoms. The number of halogens is 1. The van der Waals surface area contributed by atoms with Crippen LogP contribution in [0.1, 0.15) is 16.1 Å². The van der Waals surface area contributed by atoms with E-state index in [2.05, 4.69) is 14.7 Å². The molecule has 0 radical (unpaired) electrons. The molecule has 1 aromatic heterocycles. The molecule has 2 aromatic rings. The molecule has 0 aliphatic rings. The summed E-state index contributed by atoms with van der Waals surface area (Å²) in [6.07, 6.45) is 2.59. The maximum absolute atomic E-state index is 13.1. The summed E-state index contributed by atoms with van der Waals surface area (Å²) in [6, 6.07) is 4.16. The fourth-order valence-electron chi connectivity index (χ4n) is 1.40. The lowest BCUT2D eigenvalue weighted by atomic mass is 10.2. The first kappa shape index (κ1) is 12.9. The second kappa shape index (κ2) is 5.43. The van der Waals surface area contributed by atoms with Gasteiger partial charge in [0.2, 0.25) is 5.88 Å². The first-order valence-electron chi connectivity index (χ1n) is 5.44. The van der Waals surface area contributed by atoms with Gasteiger partial charge >= 0.3 is 5.97 Å². The molecule has 0 saturated heterocycles. The molecule has 1 heterocycles. The van der Waals surface area contributed by atoms with E-state index < -0.39 is 11.8 Å². The zero-order valence-electron chi connectivity index (χ0n) is 10.4. The monoisotopic (exact) mass is 262 g/mol. The topological polar surface area (TPSA) is 61.3 Å². The molecule has 0 atom stereocenters. The molecule has 5 nitrogen and oxygen atoms in total. The Morgan fingerprint density at radius 2 is 2.11 bits per heavy atom. The van der Waals surface area contributed by atoms with Crippen LogP contribution >= 0.6 is 0 Å². The smallest absolute Gasteiger partial charge is 0.358 e. The number of carbonyl (C=O) groups is 1. The minimum Gasteiger partial charge on any atom is -0.464 e. The van der Waals surface area contributed by atoms with Crippen LogP contribution in [0, 0.1) is 12.7 Å². The standard InChI is InChI=1S/C13H11FN2O3/c1-8-3-4-9(14)5-11(8)19-12-7-15-6-10(16-12)13(17)18-2/h3-7H,1-2H3. The minimum atomic E-state index is -0.617. The number of esters is 1. The minimum absolute atomic E-state index is 0.0223. The highest BCUT2D eigenvalue weighted by atomic mass is 19.1. The van der Waals surface area contributed by atoms with Crippen LogP contribution in [0.3, 0.4) is 0 Å². The maximum Gasteiger partial charge on any atom is 0.358 e. The predicted molar refractivity (Wildman–Crippen MR) is 64.6 cm³/mol. The summed E-state index contributed by atoms with van der Waals surface area (Å²) in [7, 11) is 1.24. The van der Waals surface area contributed by atoms with E-state index in [1.165, 1.54) is 31.6 Å². The van der Waals surface area contributed by atoms with Crippen molar-refractivity contribution in [3.63, 3.8) is 0 Å². The fraction of sp³-hybridized carbons (Fsp3) is 0.154. The second-order valence-corrected chi connectivity index (χ2v) is 3.75. The molecule has 0 aliphatic heterocycles. The van der Waals surface area contributed by atoms with Gasteiger partial charge in [0.1, 0.15) is 11.6 Å². The van der Waals surface area contributed by atoms with Crippen molar-refractivity contribution >= 4 is 5.97 Å². The van der Waals surface area contributed by atoms with Gasteiger partial charge in [0.05, 0.1) is 19.5 Å². The Hall–Kier alpha value is -2.50. The molecule has 19 heavy (non-hydrogen) atoms. The van der Waals surface area contributed by atoms with Gasteiger partial charge in [-0.05, 0) is 18.6 Å². The molecule has 98 valence electrons. The number of hydrogen-bond donors (Lipinski definition) is 0. The first-order valence-corrected chi connectivity index (χ1v) is 5.44. The van der Waals surface area contributed by atoms with Crippen LogP contribution in [0.5, 0.6) is 11.6 Å². The molecule has 2 rings (SSSR count). The SMILES string of the molecule is COC(=O)c1cncc(Oc2cc(F)ccc2C)n1. The Balaban J connectivity index is 2.28. The molecule has 0 saturated carbocycles. The molecule has 0 aliphatic carbocycles. The van der Waals surface area contributed by atoms with Gasteiger partial charge in [-0.1, -0.05) is 6.07 Å². The third kappa shape index (κ3) is 3.04. The number of nitrogens with zero attached hydrogens (tertiary/aromatic N) is 2. The van der Waals surface area contributed by atoms with Gasteiger partial charge in [-0.25, -0.2) is 14.2 Å². The quantitative estimate of drug-likeness (QED) is 0.795. The van der Waals surface area contributed by atoms with E-state index >= 15 is 0 Å². The number of aromatic nitrogens is 2.